The highest BCUT2D eigenvalue weighted by atomic mass is 16.1. The lowest BCUT2D eigenvalue weighted by molar-refractivity contribution is 0.507. The van der Waals surface area contributed by atoms with Crippen molar-refractivity contribution in [2.24, 2.45) is 7.05 Å². The molecule has 5 rings (SSSR count). The number of fused-ring (bicyclic) bond motifs is 2. The van der Waals surface area contributed by atoms with Crippen LogP contribution < -0.4 is 10.5 Å². The highest BCUT2D eigenvalue weighted by Crippen LogP contribution is 2.36. The van der Waals surface area contributed by atoms with Gasteiger partial charge in [0, 0.05) is 37.9 Å². The van der Waals surface area contributed by atoms with Gasteiger partial charge >= 0.3 is 0 Å². The van der Waals surface area contributed by atoms with Crippen molar-refractivity contribution in [2.45, 2.75) is 18.8 Å². The molecule has 6 heteroatoms. The van der Waals surface area contributed by atoms with Gasteiger partial charge in [-0.1, -0.05) is 30.3 Å². The third-order valence-electron chi connectivity index (χ3n) is 6.17. The summed E-state index contributed by atoms with van der Waals surface area (Å²) in [6.45, 7) is 1.57. The predicted octanol–water partition coefficient (Wildman–Crippen LogP) is 3.74. The number of hydrogen-bond acceptors (Lipinski definition) is 5. The molecule has 0 atom stereocenters. The minimum absolute atomic E-state index is 0.227. The molecule has 1 aliphatic rings. The molecule has 0 bridgehead atoms. The van der Waals surface area contributed by atoms with Crippen LogP contribution in [-0.2, 0) is 7.05 Å². The van der Waals surface area contributed by atoms with Crippen LogP contribution in [0.2, 0.25) is 0 Å². The lowest BCUT2D eigenvalue weighted by Gasteiger charge is -2.35. The van der Waals surface area contributed by atoms with Crippen molar-refractivity contribution in [3.8, 4) is 6.07 Å². The fraction of sp³-hybridized carbons (Fsp3) is 0.250. The SMILES string of the molecule is Cn1c(=O)c(C#N)c(N2CCC(c3cccc4nccnc34)CC2)c2ccccc21. The first-order valence-corrected chi connectivity index (χ1v) is 10.2. The number of benzene rings is 2. The van der Waals surface area contributed by atoms with Gasteiger partial charge in [0.25, 0.3) is 5.56 Å². The van der Waals surface area contributed by atoms with Crippen LogP contribution in [0.5, 0.6) is 0 Å². The topological polar surface area (TPSA) is 74.8 Å². The Kier molecular flexibility index (Phi) is 4.44. The zero-order chi connectivity index (χ0) is 20.7. The van der Waals surface area contributed by atoms with E-state index in [-0.39, 0.29) is 11.1 Å². The second-order valence-electron chi connectivity index (χ2n) is 7.75. The largest absolute Gasteiger partial charge is 0.370 e. The molecule has 1 saturated heterocycles. The monoisotopic (exact) mass is 395 g/mol. The standard InChI is InChI=1S/C24H21N5O/c1-28-21-8-3-2-5-18(21)23(19(15-25)24(28)30)29-13-9-16(10-14-29)17-6-4-7-20-22(17)27-12-11-26-20/h2-8,11-12,16H,9-10,13-14H2,1H3. The smallest absolute Gasteiger partial charge is 0.270 e. The van der Waals surface area contributed by atoms with E-state index in [1.165, 1.54) is 5.56 Å². The van der Waals surface area contributed by atoms with Gasteiger partial charge in [-0.05, 0) is 36.5 Å². The molecule has 1 aliphatic heterocycles. The molecule has 0 spiro atoms. The van der Waals surface area contributed by atoms with Crippen LogP contribution in [0.3, 0.4) is 0 Å². The molecule has 0 unspecified atom stereocenters. The number of para-hydroxylation sites is 2. The minimum atomic E-state index is -0.238. The van der Waals surface area contributed by atoms with E-state index in [4.69, 9.17) is 0 Å². The van der Waals surface area contributed by atoms with Crippen molar-refractivity contribution < 1.29 is 0 Å². The Balaban J connectivity index is 1.52. The fourth-order valence-corrected chi connectivity index (χ4v) is 4.67. The van der Waals surface area contributed by atoms with Gasteiger partial charge in [-0.3, -0.25) is 14.8 Å². The summed E-state index contributed by atoms with van der Waals surface area (Å²) in [6.07, 6.45) is 5.33. The average molecular weight is 395 g/mol. The van der Waals surface area contributed by atoms with E-state index < -0.39 is 0 Å². The van der Waals surface area contributed by atoms with Crippen LogP contribution in [0.4, 0.5) is 5.69 Å². The van der Waals surface area contributed by atoms with Crippen molar-refractivity contribution in [3.05, 3.63) is 76.3 Å². The average Bonchev–Trinajstić information content (AvgIpc) is 2.81. The van der Waals surface area contributed by atoms with Crippen LogP contribution >= 0.6 is 0 Å². The maximum absolute atomic E-state index is 12.8. The number of rotatable bonds is 2. The van der Waals surface area contributed by atoms with Gasteiger partial charge in [0.1, 0.15) is 11.6 Å². The van der Waals surface area contributed by atoms with E-state index in [1.54, 1.807) is 24.0 Å². The summed E-state index contributed by atoms with van der Waals surface area (Å²) in [4.78, 5) is 24.0. The molecule has 148 valence electrons. The Hall–Kier alpha value is -3.72. The van der Waals surface area contributed by atoms with E-state index in [0.717, 1.165) is 53.6 Å². The quantitative estimate of drug-likeness (QED) is 0.517. The number of aromatic nitrogens is 3. The molecule has 0 saturated carbocycles. The zero-order valence-electron chi connectivity index (χ0n) is 16.7. The van der Waals surface area contributed by atoms with Gasteiger partial charge in [0.05, 0.1) is 22.2 Å². The normalized spacial score (nSPS) is 14.9. The molecule has 3 heterocycles. The van der Waals surface area contributed by atoms with Crippen molar-refractivity contribution in [1.82, 2.24) is 14.5 Å². The van der Waals surface area contributed by atoms with Crippen molar-refractivity contribution in [2.75, 3.05) is 18.0 Å². The highest BCUT2D eigenvalue weighted by molar-refractivity contribution is 5.95. The van der Waals surface area contributed by atoms with Crippen molar-refractivity contribution >= 4 is 27.6 Å². The van der Waals surface area contributed by atoms with E-state index in [1.807, 2.05) is 36.4 Å². The van der Waals surface area contributed by atoms with Gasteiger partial charge < -0.3 is 9.47 Å². The molecule has 0 aliphatic carbocycles. The first kappa shape index (κ1) is 18.3. The summed E-state index contributed by atoms with van der Waals surface area (Å²) in [7, 11) is 1.73. The molecular formula is C24H21N5O. The van der Waals surface area contributed by atoms with E-state index in [2.05, 4.69) is 27.0 Å². The molecule has 0 radical (unpaired) electrons. The minimum Gasteiger partial charge on any atom is -0.370 e. The summed E-state index contributed by atoms with van der Waals surface area (Å²) < 4.78 is 1.57. The lowest BCUT2D eigenvalue weighted by Crippen LogP contribution is -2.35. The highest BCUT2D eigenvalue weighted by Gasteiger charge is 2.27. The third kappa shape index (κ3) is 2.82. The molecule has 30 heavy (non-hydrogen) atoms. The lowest BCUT2D eigenvalue weighted by atomic mass is 9.88. The summed E-state index contributed by atoms with van der Waals surface area (Å²) in [5.41, 5.74) is 4.73. The molecule has 0 amide bonds. The maximum Gasteiger partial charge on any atom is 0.270 e. The van der Waals surface area contributed by atoms with Gasteiger partial charge in [-0.2, -0.15) is 5.26 Å². The first-order valence-electron chi connectivity index (χ1n) is 10.2. The molecule has 4 aromatic rings. The molecule has 2 aromatic heterocycles. The molecule has 2 aromatic carbocycles. The first-order chi connectivity index (χ1) is 14.7. The molecular weight excluding hydrogens is 374 g/mol. The van der Waals surface area contributed by atoms with Crippen LogP contribution in [-0.4, -0.2) is 27.6 Å². The Morgan fingerprint density at radius 2 is 1.80 bits per heavy atom. The Labute approximate surface area is 174 Å². The summed E-state index contributed by atoms with van der Waals surface area (Å²) in [5, 5.41) is 10.7. The molecule has 6 nitrogen and oxygen atoms in total. The van der Waals surface area contributed by atoms with Gasteiger partial charge in [-0.15, -0.1) is 0 Å². The molecule has 1 fully saturated rings. The van der Waals surface area contributed by atoms with Crippen molar-refractivity contribution in [1.29, 1.82) is 5.26 Å². The summed E-state index contributed by atoms with van der Waals surface area (Å²) >= 11 is 0. The number of hydrogen-bond donors (Lipinski definition) is 0. The summed E-state index contributed by atoms with van der Waals surface area (Å²) in [6, 6.07) is 16.2. The van der Waals surface area contributed by atoms with Gasteiger partial charge in [0.2, 0.25) is 0 Å². The second-order valence-corrected chi connectivity index (χ2v) is 7.75. The van der Waals surface area contributed by atoms with Crippen LogP contribution in [0.15, 0.2) is 59.7 Å². The van der Waals surface area contributed by atoms with E-state index >= 15 is 0 Å². The number of anilines is 1. The zero-order valence-corrected chi connectivity index (χ0v) is 16.7. The number of nitrogens with zero attached hydrogens (tertiary/aromatic N) is 5. The second kappa shape index (κ2) is 7.27. The number of piperidine rings is 1. The number of pyridine rings is 1. The predicted molar refractivity (Wildman–Crippen MR) is 118 cm³/mol. The van der Waals surface area contributed by atoms with Crippen LogP contribution in [0.1, 0.15) is 29.9 Å². The van der Waals surface area contributed by atoms with Gasteiger partial charge in [-0.25, -0.2) is 0 Å². The summed E-state index contributed by atoms with van der Waals surface area (Å²) in [5.74, 6) is 0.380. The van der Waals surface area contributed by atoms with Crippen LogP contribution in [0, 0.1) is 11.3 Å². The maximum atomic E-state index is 12.8. The third-order valence-corrected chi connectivity index (χ3v) is 6.17. The van der Waals surface area contributed by atoms with E-state index in [9.17, 15) is 10.1 Å². The van der Waals surface area contributed by atoms with Crippen molar-refractivity contribution in [3.63, 3.8) is 0 Å². The molecule has 0 N–H and O–H groups in total. The number of nitriles is 1. The van der Waals surface area contributed by atoms with E-state index in [0.29, 0.717) is 5.92 Å². The van der Waals surface area contributed by atoms with Crippen LogP contribution in [0.25, 0.3) is 21.9 Å². The Morgan fingerprint density at radius 1 is 1.03 bits per heavy atom. The number of aryl methyl sites for hydroxylation is 1. The Bertz CT molecular complexity index is 1350. The van der Waals surface area contributed by atoms with Gasteiger partial charge in [0.15, 0.2) is 0 Å². The Morgan fingerprint density at radius 3 is 2.60 bits per heavy atom. The fourth-order valence-electron chi connectivity index (χ4n) is 4.67.